The molecule has 0 amide bonds. The number of imidazole rings is 1. The minimum Gasteiger partial charge on any atom is -0.478 e. The van der Waals surface area contributed by atoms with E-state index in [4.69, 9.17) is 4.74 Å². The highest BCUT2D eigenvalue weighted by molar-refractivity contribution is 5.83. The molecule has 0 bridgehead atoms. The highest BCUT2D eigenvalue weighted by Gasteiger charge is 2.44. The second kappa shape index (κ2) is 6.29. The van der Waals surface area contributed by atoms with Gasteiger partial charge in [0.1, 0.15) is 17.6 Å². The Morgan fingerprint density at radius 1 is 1.27 bits per heavy atom. The normalized spacial score (nSPS) is 16.6. The van der Waals surface area contributed by atoms with E-state index >= 15 is 0 Å². The quantitative estimate of drug-likeness (QED) is 0.740. The summed E-state index contributed by atoms with van der Waals surface area (Å²) in [6.45, 7) is 2.99. The predicted octanol–water partition coefficient (Wildman–Crippen LogP) is 2.16. The molecule has 0 spiro atoms. The zero-order chi connectivity index (χ0) is 18.1. The van der Waals surface area contributed by atoms with Crippen molar-refractivity contribution in [1.29, 1.82) is 0 Å². The number of anilines is 1. The molecule has 3 aromatic rings. The molecule has 0 unspecified atom stereocenters. The highest BCUT2D eigenvalue weighted by Crippen LogP contribution is 2.32. The molecule has 26 heavy (non-hydrogen) atoms. The number of carboxylic acid groups (broad SMARTS) is 1. The fraction of sp³-hybridized carbons (Fsp3) is 0.333. The lowest BCUT2D eigenvalue weighted by Gasteiger charge is -2.39. The van der Waals surface area contributed by atoms with Crippen molar-refractivity contribution in [3.8, 4) is 5.75 Å². The molecule has 0 radical (unpaired) electrons. The van der Waals surface area contributed by atoms with Gasteiger partial charge in [-0.05, 0) is 24.6 Å². The number of carbonyl (C=O) groups is 1. The first kappa shape index (κ1) is 16.3. The van der Waals surface area contributed by atoms with Crippen molar-refractivity contribution in [1.82, 2.24) is 19.9 Å². The van der Waals surface area contributed by atoms with Crippen molar-refractivity contribution < 1.29 is 14.6 Å². The molecule has 1 aliphatic rings. The standard InChI is InChI=1S/C18H19N5O3/c1-12-3-2-4-13(9-12)26-18(17(24)25)5-7-23(8-6-18)16-14-15(20-10-19-14)21-11-22-16/h2-4,9-11H,5-8H2,1H3,(H,24,25)(H,19,20,21,22). The van der Waals surface area contributed by atoms with Crippen molar-refractivity contribution in [3.63, 3.8) is 0 Å². The molecule has 1 aromatic carbocycles. The maximum Gasteiger partial charge on any atom is 0.348 e. The van der Waals surface area contributed by atoms with Crippen LogP contribution in [0.3, 0.4) is 0 Å². The Balaban J connectivity index is 1.56. The van der Waals surface area contributed by atoms with Gasteiger partial charge in [0.15, 0.2) is 11.5 Å². The van der Waals surface area contributed by atoms with Crippen LogP contribution < -0.4 is 9.64 Å². The van der Waals surface area contributed by atoms with Crippen LogP contribution >= 0.6 is 0 Å². The average molecular weight is 353 g/mol. The van der Waals surface area contributed by atoms with Gasteiger partial charge in [-0.2, -0.15) is 0 Å². The first-order valence-corrected chi connectivity index (χ1v) is 8.45. The molecule has 3 heterocycles. The molecule has 0 aliphatic carbocycles. The number of nitrogens with zero attached hydrogens (tertiary/aromatic N) is 4. The van der Waals surface area contributed by atoms with Crippen LogP contribution in [0.2, 0.25) is 0 Å². The topological polar surface area (TPSA) is 104 Å². The van der Waals surface area contributed by atoms with E-state index in [1.54, 1.807) is 12.4 Å². The van der Waals surface area contributed by atoms with E-state index in [-0.39, 0.29) is 0 Å². The van der Waals surface area contributed by atoms with Crippen LogP contribution in [0.1, 0.15) is 18.4 Å². The molecular weight excluding hydrogens is 334 g/mol. The lowest BCUT2D eigenvalue weighted by atomic mass is 9.91. The Morgan fingerprint density at radius 2 is 2.08 bits per heavy atom. The lowest BCUT2D eigenvalue weighted by molar-refractivity contribution is -0.157. The molecule has 1 aliphatic heterocycles. The number of H-pyrrole nitrogens is 1. The molecular formula is C18H19N5O3. The van der Waals surface area contributed by atoms with E-state index in [2.05, 4.69) is 19.9 Å². The summed E-state index contributed by atoms with van der Waals surface area (Å²) < 4.78 is 5.96. The van der Waals surface area contributed by atoms with Crippen LogP contribution in [0.15, 0.2) is 36.9 Å². The average Bonchev–Trinajstić information content (AvgIpc) is 3.11. The molecule has 8 heteroatoms. The van der Waals surface area contributed by atoms with Gasteiger partial charge in [-0.25, -0.2) is 19.7 Å². The van der Waals surface area contributed by atoms with Crippen molar-refractivity contribution >= 4 is 23.0 Å². The van der Waals surface area contributed by atoms with E-state index in [9.17, 15) is 9.90 Å². The number of benzene rings is 1. The van der Waals surface area contributed by atoms with Gasteiger partial charge < -0.3 is 19.7 Å². The molecule has 8 nitrogen and oxygen atoms in total. The van der Waals surface area contributed by atoms with E-state index in [1.165, 1.54) is 6.33 Å². The van der Waals surface area contributed by atoms with Crippen molar-refractivity contribution in [2.24, 2.45) is 0 Å². The van der Waals surface area contributed by atoms with Crippen LogP contribution in [-0.4, -0.2) is 49.7 Å². The first-order chi connectivity index (χ1) is 12.6. The molecule has 1 saturated heterocycles. The minimum atomic E-state index is -1.23. The number of piperidine rings is 1. The third-order valence-electron chi connectivity index (χ3n) is 4.77. The Morgan fingerprint density at radius 3 is 2.81 bits per heavy atom. The van der Waals surface area contributed by atoms with Crippen molar-refractivity contribution in [3.05, 3.63) is 42.5 Å². The summed E-state index contributed by atoms with van der Waals surface area (Å²) in [6, 6.07) is 7.47. The van der Waals surface area contributed by atoms with Crippen LogP contribution in [0, 0.1) is 6.92 Å². The van der Waals surface area contributed by atoms with E-state index < -0.39 is 11.6 Å². The third-order valence-corrected chi connectivity index (χ3v) is 4.77. The summed E-state index contributed by atoms with van der Waals surface area (Å²) in [7, 11) is 0. The van der Waals surface area contributed by atoms with Gasteiger partial charge >= 0.3 is 5.97 Å². The van der Waals surface area contributed by atoms with Crippen LogP contribution in [0.25, 0.3) is 11.2 Å². The Kier molecular flexibility index (Phi) is 3.95. The number of aromatic amines is 1. The third kappa shape index (κ3) is 2.83. The Bertz CT molecular complexity index is 947. The maximum absolute atomic E-state index is 12.0. The summed E-state index contributed by atoms with van der Waals surface area (Å²) >= 11 is 0. The fourth-order valence-electron chi connectivity index (χ4n) is 3.34. The zero-order valence-corrected chi connectivity index (χ0v) is 14.3. The minimum absolute atomic E-state index is 0.357. The van der Waals surface area contributed by atoms with Gasteiger partial charge in [0.05, 0.1) is 6.33 Å². The summed E-state index contributed by atoms with van der Waals surface area (Å²) in [6.07, 6.45) is 3.77. The molecule has 2 aromatic heterocycles. The van der Waals surface area contributed by atoms with Crippen LogP contribution in [-0.2, 0) is 4.79 Å². The number of ether oxygens (including phenoxy) is 1. The van der Waals surface area contributed by atoms with Gasteiger partial charge in [-0.3, -0.25) is 0 Å². The van der Waals surface area contributed by atoms with E-state index in [1.807, 2.05) is 30.0 Å². The van der Waals surface area contributed by atoms with Gasteiger partial charge in [0.25, 0.3) is 0 Å². The maximum atomic E-state index is 12.0. The predicted molar refractivity (Wildman–Crippen MR) is 95.3 cm³/mol. The molecule has 4 rings (SSSR count). The summed E-state index contributed by atoms with van der Waals surface area (Å²) in [5.41, 5.74) is 1.16. The number of rotatable bonds is 4. The number of fused-ring (bicyclic) bond motifs is 1. The molecule has 0 atom stereocenters. The SMILES string of the molecule is Cc1cccc(OC2(C(=O)O)CCN(c3ncnc4nc[nH]c34)CC2)c1. The summed E-state index contributed by atoms with van der Waals surface area (Å²) in [5, 5.41) is 9.83. The molecule has 2 N–H and O–H groups in total. The van der Waals surface area contributed by atoms with E-state index in [0.717, 1.165) is 16.9 Å². The van der Waals surface area contributed by atoms with Gasteiger partial charge in [-0.15, -0.1) is 0 Å². The number of nitrogens with one attached hydrogen (secondary N) is 1. The molecule has 0 saturated carbocycles. The monoisotopic (exact) mass is 353 g/mol. The number of aliphatic carboxylic acids is 1. The van der Waals surface area contributed by atoms with E-state index in [0.29, 0.717) is 37.3 Å². The molecule has 1 fully saturated rings. The number of hydrogen-bond donors (Lipinski definition) is 2. The first-order valence-electron chi connectivity index (χ1n) is 8.45. The second-order valence-corrected chi connectivity index (χ2v) is 6.50. The fourth-order valence-corrected chi connectivity index (χ4v) is 3.34. The molecule has 134 valence electrons. The summed E-state index contributed by atoms with van der Waals surface area (Å²) in [5.74, 6) is 0.383. The number of aryl methyl sites for hydroxylation is 1. The zero-order valence-electron chi connectivity index (χ0n) is 14.3. The Labute approximate surface area is 149 Å². The summed E-state index contributed by atoms with van der Waals surface area (Å²) in [4.78, 5) is 29.7. The van der Waals surface area contributed by atoms with Gasteiger partial charge in [0, 0.05) is 25.9 Å². The number of carboxylic acids is 1. The van der Waals surface area contributed by atoms with Gasteiger partial charge in [-0.1, -0.05) is 12.1 Å². The van der Waals surface area contributed by atoms with Crippen molar-refractivity contribution in [2.75, 3.05) is 18.0 Å². The van der Waals surface area contributed by atoms with Crippen LogP contribution in [0.4, 0.5) is 5.82 Å². The van der Waals surface area contributed by atoms with Crippen LogP contribution in [0.5, 0.6) is 5.75 Å². The van der Waals surface area contributed by atoms with Gasteiger partial charge in [0.2, 0.25) is 5.60 Å². The highest BCUT2D eigenvalue weighted by atomic mass is 16.5. The number of hydrogen-bond acceptors (Lipinski definition) is 6. The largest absolute Gasteiger partial charge is 0.478 e. The lowest BCUT2D eigenvalue weighted by Crippen LogP contribution is -2.53. The smallest absolute Gasteiger partial charge is 0.348 e. The second-order valence-electron chi connectivity index (χ2n) is 6.50. The Hall–Kier alpha value is -3.16. The van der Waals surface area contributed by atoms with Crippen molar-refractivity contribution in [2.45, 2.75) is 25.4 Å². The number of aromatic nitrogens is 4.